The number of rotatable bonds is 6. The Labute approximate surface area is 174 Å². The number of nitrogens with one attached hydrogen (secondary N) is 1. The zero-order valence-corrected chi connectivity index (χ0v) is 17.7. The van der Waals surface area contributed by atoms with Crippen molar-refractivity contribution in [2.75, 3.05) is 59.9 Å². The molecule has 2 aliphatic rings. The van der Waals surface area contributed by atoms with E-state index in [4.69, 9.17) is 4.98 Å². The number of anilines is 3. The van der Waals surface area contributed by atoms with Crippen LogP contribution < -0.4 is 15.1 Å². The first kappa shape index (κ1) is 20.4. The summed E-state index contributed by atoms with van der Waals surface area (Å²) in [6, 6.07) is 0.450. The summed E-state index contributed by atoms with van der Waals surface area (Å²) in [6.45, 7) is 1.72. The van der Waals surface area contributed by atoms with Gasteiger partial charge >= 0.3 is 0 Å². The second-order valence-corrected chi connectivity index (χ2v) is 9.35. The minimum atomic E-state index is -0.768. The lowest BCUT2D eigenvalue weighted by Crippen LogP contribution is -2.41. The molecule has 1 aliphatic carbocycles. The highest BCUT2D eigenvalue weighted by molar-refractivity contribution is 7.91. The minimum Gasteiger partial charge on any atom is -0.616 e. The van der Waals surface area contributed by atoms with E-state index in [1.807, 2.05) is 0 Å². The topological polar surface area (TPSA) is 113 Å². The molecule has 9 nitrogen and oxygen atoms in total. The smallest absolute Gasteiger partial charge is 0.225 e. The lowest BCUT2D eigenvalue weighted by Gasteiger charge is -2.33. The Morgan fingerprint density at radius 2 is 1.93 bits per heavy atom. The second-order valence-electron chi connectivity index (χ2n) is 7.65. The molecule has 0 amide bonds. The van der Waals surface area contributed by atoms with E-state index in [2.05, 4.69) is 37.1 Å². The van der Waals surface area contributed by atoms with Crippen LogP contribution in [0.1, 0.15) is 32.1 Å². The van der Waals surface area contributed by atoms with E-state index >= 15 is 0 Å². The van der Waals surface area contributed by atoms with E-state index in [9.17, 15) is 9.66 Å². The van der Waals surface area contributed by atoms with E-state index < -0.39 is 11.2 Å². The van der Waals surface area contributed by atoms with E-state index in [0.717, 1.165) is 35.5 Å². The largest absolute Gasteiger partial charge is 0.616 e. The molecule has 2 N–H and O–H groups in total. The van der Waals surface area contributed by atoms with Crippen molar-refractivity contribution in [3.63, 3.8) is 0 Å². The molecule has 29 heavy (non-hydrogen) atoms. The lowest BCUT2D eigenvalue weighted by atomic mass is 9.94. The summed E-state index contributed by atoms with van der Waals surface area (Å²) >= 11 is -0.768. The van der Waals surface area contributed by atoms with Crippen LogP contribution in [0.15, 0.2) is 6.33 Å². The summed E-state index contributed by atoms with van der Waals surface area (Å²) in [7, 11) is 2.09. The van der Waals surface area contributed by atoms with Gasteiger partial charge in [-0.15, -0.1) is 0 Å². The van der Waals surface area contributed by atoms with Crippen molar-refractivity contribution in [1.29, 1.82) is 0 Å². The first-order valence-corrected chi connectivity index (χ1v) is 11.9. The normalized spacial score (nSPS) is 18.9. The van der Waals surface area contributed by atoms with Gasteiger partial charge in [0.15, 0.2) is 11.6 Å². The van der Waals surface area contributed by atoms with Gasteiger partial charge in [0.05, 0.1) is 19.7 Å². The second kappa shape index (κ2) is 9.27. The van der Waals surface area contributed by atoms with Crippen molar-refractivity contribution in [3.05, 3.63) is 6.33 Å². The Hall–Kier alpha value is -1.91. The fourth-order valence-corrected chi connectivity index (χ4v) is 5.19. The average molecular weight is 420 g/mol. The predicted molar refractivity (Wildman–Crippen MR) is 116 cm³/mol. The van der Waals surface area contributed by atoms with Crippen molar-refractivity contribution in [3.8, 4) is 0 Å². The Morgan fingerprint density at radius 1 is 1.17 bits per heavy atom. The minimum absolute atomic E-state index is 0.000446. The number of hydrogen-bond acceptors (Lipinski definition) is 9. The monoisotopic (exact) mass is 419 g/mol. The Balaban J connectivity index is 1.75. The first-order valence-electron chi connectivity index (χ1n) is 10.4. The van der Waals surface area contributed by atoms with Crippen LogP contribution in [0, 0.1) is 0 Å². The molecule has 4 rings (SSSR count). The maximum absolute atomic E-state index is 11.8. The number of hydrogen-bond donors (Lipinski definition) is 2. The SMILES string of the molecule is CN(c1ncnc2c(N3CC[S+]([O-])CC3)nc(NCCO)nc12)C1CCCCC1. The number of aliphatic hydroxyl groups is 1. The van der Waals surface area contributed by atoms with E-state index in [1.165, 1.54) is 19.3 Å². The molecule has 2 fully saturated rings. The third kappa shape index (κ3) is 4.49. The van der Waals surface area contributed by atoms with Gasteiger partial charge in [-0.3, -0.25) is 0 Å². The Morgan fingerprint density at radius 3 is 2.66 bits per heavy atom. The Kier molecular flexibility index (Phi) is 6.51. The zero-order chi connectivity index (χ0) is 20.2. The number of aromatic nitrogens is 4. The van der Waals surface area contributed by atoms with Crippen molar-refractivity contribution in [2.24, 2.45) is 0 Å². The molecule has 0 radical (unpaired) electrons. The fourth-order valence-electron chi connectivity index (χ4n) is 4.14. The molecule has 0 atom stereocenters. The molecule has 1 aliphatic heterocycles. The van der Waals surface area contributed by atoms with Crippen molar-refractivity contribution >= 4 is 39.8 Å². The van der Waals surface area contributed by atoms with Crippen LogP contribution in [-0.4, -0.2) is 80.4 Å². The molecule has 10 heteroatoms. The van der Waals surface area contributed by atoms with Crippen LogP contribution >= 0.6 is 0 Å². The first-order chi connectivity index (χ1) is 14.2. The highest BCUT2D eigenvalue weighted by Gasteiger charge is 2.27. The molecule has 0 unspecified atom stereocenters. The van der Waals surface area contributed by atoms with Gasteiger partial charge in [-0.05, 0) is 12.8 Å². The van der Waals surface area contributed by atoms with Crippen LogP contribution in [0.4, 0.5) is 17.6 Å². The van der Waals surface area contributed by atoms with Crippen LogP contribution in [-0.2, 0) is 11.2 Å². The van der Waals surface area contributed by atoms with Crippen LogP contribution in [0.2, 0.25) is 0 Å². The lowest BCUT2D eigenvalue weighted by molar-refractivity contribution is 0.311. The van der Waals surface area contributed by atoms with Gasteiger partial charge in [0, 0.05) is 19.6 Å². The van der Waals surface area contributed by atoms with Crippen LogP contribution in [0.3, 0.4) is 0 Å². The van der Waals surface area contributed by atoms with Crippen LogP contribution in [0.5, 0.6) is 0 Å². The summed E-state index contributed by atoms with van der Waals surface area (Å²) in [6.07, 6.45) is 7.69. The Bertz CT molecular complexity index is 826. The molecule has 3 heterocycles. The maximum Gasteiger partial charge on any atom is 0.225 e. The molecule has 0 aromatic carbocycles. The molecule has 0 spiro atoms. The molecule has 1 saturated heterocycles. The van der Waals surface area contributed by atoms with Gasteiger partial charge in [0.25, 0.3) is 0 Å². The van der Waals surface area contributed by atoms with Gasteiger partial charge < -0.3 is 24.8 Å². The number of nitrogens with zero attached hydrogens (tertiary/aromatic N) is 6. The highest BCUT2D eigenvalue weighted by Crippen LogP contribution is 2.32. The van der Waals surface area contributed by atoms with Crippen molar-refractivity contribution in [2.45, 2.75) is 38.1 Å². The van der Waals surface area contributed by atoms with E-state index in [-0.39, 0.29) is 6.61 Å². The molecule has 2 aromatic rings. The molecule has 1 saturated carbocycles. The van der Waals surface area contributed by atoms with Crippen molar-refractivity contribution < 1.29 is 9.66 Å². The average Bonchev–Trinajstić information content (AvgIpc) is 2.77. The molecular weight excluding hydrogens is 390 g/mol. The summed E-state index contributed by atoms with van der Waals surface area (Å²) < 4.78 is 11.8. The van der Waals surface area contributed by atoms with Gasteiger partial charge in [-0.2, -0.15) is 4.98 Å². The summed E-state index contributed by atoms with van der Waals surface area (Å²) in [5.41, 5.74) is 1.44. The van der Waals surface area contributed by atoms with E-state index in [1.54, 1.807) is 6.33 Å². The van der Waals surface area contributed by atoms with Crippen molar-refractivity contribution in [1.82, 2.24) is 19.9 Å². The summed E-state index contributed by atoms with van der Waals surface area (Å²) in [5, 5.41) is 12.3. The van der Waals surface area contributed by atoms with E-state index in [0.29, 0.717) is 43.1 Å². The maximum atomic E-state index is 11.8. The number of aliphatic hydroxyl groups excluding tert-OH is 1. The third-order valence-electron chi connectivity index (χ3n) is 5.77. The van der Waals surface area contributed by atoms with Crippen LogP contribution in [0.25, 0.3) is 11.0 Å². The third-order valence-corrected chi connectivity index (χ3v) is 7.05. The van der Waals surface area contributed by atoms with Gasteiger partial charge in [-0.1, -0.05) is 30.4 Å². The van der Waals surface area contributed by atoms with Gasteiger partial charge in [-0.25, -0.2) is 15.0 Å². The molecule has 158 valence electrons. The summed E-state index contributed by atoms with van der Waals surface area (Å²) in [4.78, 5) is 22.9. The zero-order valence-electron chi connectivity index (χ0n) is 16.9. The number of fused-ring (bicyclic) bond motifs is 1. The molecule has 2 aromatic heterocycles. The predicted octanol–water partition coefficient (Wildman–Crippen LogP) is 1.16. The fraction of sp³-hybridized carbons (Fsp3) is 0.684. The standard InChI is InChI=1S/C19H29N7O2S/c1-25(14-5-3-2-4-6-14)17-16-15(21-13-22-17)18(24-19(23-16)20-7-10-27)26-8-11-29(28)12-9-26/h13-14,27H,2-12H2,1H3,(H,20,23,24). The van der Waals surface area contributed by atoms with Gasteiger partial charge in [0.1, 0.15) is 28.9 Å². The molecule has 0 bridgehead atoms. The summed E-state index contributed by atoms with van der Waals surface area (Å²) in [5.74, 6) is 3.28. The molecular formula is C19H29N7O2S. The highest BCUT2D eigenvalue weighted by atomic mass is 32.2. The quantitative estimate of drug-likeness (QED) is 0.666. The van der Waals surface area contributed by atoms with Gasteiger partial charge in [0.2, 0.25) is 5.95 Å².